The summed E-state index contributed by atoms with van der Waals surface area (Å²) in [6.07, 6.45) is 3.15. The number of benzene rings is 2. The maximum Gasteiger partial charge on any atom is 0.255 e. The van der Waals surface area contributed by atoms with Gasteiger partial charge in [0.25, 0.3) is 5.91 Å². The largest absolute Gasteiger partial charge is 0.497 e. The quantitative estimate of drug-likeness (QED) is 0.283. The number of aryl methyl sites for hydroxylation is 1. The van der Waals surface area contributed by atoms with Crippen LogP contribution in [-0.4, -0.2) is 61.3 Å². The molecule has 1 aliphatic heterocycles. The van der Waals surface area contributed by atoms with Gasteiger partial charge in [0.15, 0.2) is 0 Å². The van der Waals surface area contributed by atoms with Crippen molar-refractivity contribution in [1.82, 2.24) is 30.0 Å². The Hall–Kier alpha value is -4.48. The number of methoxy groups -OCH3 is 1. The Morgan fingerprint density at radius 3 is 2.77 bits per heavy atom. The second-order valence-electron chi connectivity index (χ2n) is 9.36. The second-order valence-corrected chi connectivity index (χ2v) is 9.76. The zero-order valence-corrected chi connectivity index (χ0v) is 22.9. The van der Waals surface area contributed by atoms with E-state index in [1.54, 1.807) is 68.4 Å². The molecule has 0 fully saturated rings. The van der Waals surface area contributed by atoms with Gasteiger partial charge in [-0.3, -0.25) is 14.3 Å². The number of ether oxygens (including phenoxy) is 1. The van der Waals surface area contributed by atoms with E-state index in [9.17, 15) is 14.7 Å². The van der Waals surface area contributed by atoms with E-state index >= 15 is 0 Å². The summed E-state index contributed by atoms with van der Waals surface area (Å²) in [6.45, 7) is 1.63. The van der Waals surface area contributed by atoms with Crippen LogP contribution in [0.5, 0.6) is 5.75 Å². The molecular formula is C28H28ClN7O4. The van der Waals surface area contributed by atoms with Gasteiger partial charge in [0.05, 0.1) is 42.9 Å². The van der Waals surface area contributed by atoms with Gasteiger partial charge in [-0.2, -0.15) is 5.10 Å². The van der Waals surface area contributed by atoms with Crippen LogP contribution in [0.1, 0.15) is 34.5 Å². The number of carbonyl (C=O) groups excluding carboxylic acids is 2. The number of hydrogen-bond acceptors (Lipinski definition) is 8. The summed E-state index contributed by atoms with van der Waals surface area (Å²) in [7, 11) is 3.34. The minimum Gasteiger partial charge on any atom is -0.497 e. The molecule has 0 bridgehead atoms. The molecule has 1 aliphatic rings. The third-order valence-electron chi connectivity index (χ3n) is 6.86. The summed E-state index contributed by atoms with van der Waals surface area (Å²) in [5.41, 5.74) is 3.06. The monoisotopic (exact) mass is 561 g/mol. The number of halogens is 1. The number of fused-ring (bicyclic) bond motifs is 1. The van der Waals surface area contributed by atoms with Crippen LogP contribution in [0.25, 0.3) is 11.3 Å². The van der Waals surface area contributed by atoms with Gasteiger partial charge in [-0.05, 0) is 36.2 Å². The lowest BCUT2D eigenvalue weighted by Gasteiger charge is -2.26. The fourth-order valence-electron chi connectivity index (χ4n) is 4.55. The van der Waals surface area contributed by atoms with Crippen LogP contribution in [0, 0.1) is 0 Å². The zero-order chi connectivity index (χ0) is 28.4. The van der Waals surface area contributed by atoms with Gasteiger partial charge >= 0.3 is 0 Å². The average Bonchev–Trinajstić information content (AvgIpc) is 3.53. The third-order valence-corrected chi connectivity index (χ3v) is 7.14. The minimum absolute atomic E-state index is 0.275. The summed E-state index contributed by atoms with van der Waals surface area (Å²) >= 11 is 6.44. The molecule has 12 heteroatoms. The first kappa shape index (κ1) is 27.1. The Kier molecular flexibility index (Phi) is 7.67. The highest BCUT2D eigenvalue weighted by Crippen LogP contribution is 2.32. The van der Waals surface area contributed by atoms with Crippen molar-refractivity contribution in [1.29, 1.82) is 0 Å². The topological polar surface area (TPSA) is 134 Å². The van der Waals surface area contributed by atoms with Crippen molar-refractivity contribution >= 4 is 35.2 Å². The van der Waals surface area contributed by atoms with E-state index in [-0.39, 0.29) is 25.0 Å². The van der Waals surface area contributed by atoms with Crippen LogP contribution in [0.15, 0.2) is 60.9 Å². The molecule has 0 spiro atoms. The molecule has 206 valence electrons. The summed E-state index contributed by atoms with van der Waals surface area (Å²) in [6, 6.07) is 12.9. The molecule has 0 aliphatic carbocycles. The van der Waals surface area contributed by atoms with Gasteiger partial charge in [0.2, 0.25) is 11.9 Å². The molecular weight excluding hydrogens is 534 g/mol. The Labute approximate surface area is 235 Å². The van der Waals surface area contributed by atoms with Gasteiger partial charge in [0.1, 0.15) is 17.6 Å². The van der Waals surface area contributed by atoms with Crippen molar-refractivity contribution < 1.29 is 19.4 Å². The number of aliphatic hydroxyl groups is 1. The maximum absolute atomic E-state index is 13.4. The Balaban J connectivity index is 1.33. The fourth-order valence-corrected chi connectivity index (χ4v) is 4.75. The van der Waals surface area contributed by atoms with Crippen LogP contribution in [0.3, 0.4) is 0 Å². The van der Waals surface area contributed by atoms with E-state index < -0.39 is 12.1 Å². The smallest absolute Gasteiger partial charge is 0.255 e. The molecule has 3 N–H and O–H groups in total. The lowest BCUT2D eigenvalue weighted by molar-refractivity contribution is -0.126. The number of amides is 2. The predicted molar refractivity (Wildman–Crippen MR) is 149 cm³/mol. The highest BCUT2D eigenvalue weighted by molar-refractivity contribution is 6.33. The van der Waals surface area contributed by atoms with Crippen molar-refractivity contribution in [3.05, 3.63) is 82.6 Å². The van der Waals surface area contributed by atoms with E-state index in [2.05, 4.69) is 25.7 Å². The molecule has 2 atom stereocenters. The van der Waals surface area contributed by atoms with E-state index in [0.717, 1.165) is 5.56 Å². The number of nitrogens with one attached hydrogen (secondary N) is 2. The van der Waals surface area contributed by atoms with E-state index in [1.165, 1.54) is 11.1 Å². The van der Waals surface area contributed by atoms with E-state index in [1.807, 2.05) is 12.1 Å². The summed E-state index contributed by atoms with van der Waals surface area (Å²) in [5.74, 6) is 0.988. The Morgan fingerprint density at radius 2 is 2.05 bits per heavy atom. The average molecular weight is 562 g/mol. The molecule has 2 amide bonds. The molecule has 2 unspecified atom stereocenters. The molecule has 40 heavy (non-hydrogen) atoms. The standard InChI is InChI=1S/C28H28ClN7O4/c1-16(26(38)32-23(15-37)17-5-4-6-20(11-17)40-3)36-14-19-8-7-18(12-21(19)27(36)39)25-22(29)13-30-28(34-25)33-24-9-10-31-35(24)2/h4-13,16,23,37H,14-15H2,1-3H3,(H,32,38)(H,30,33,34). The maximum atomic E-state index is 13.4. The molecule has 2 aromatic heterocycles. The number of aliphatic hydroxyl groups excluding tert-OH is 1. The SMILES string of the molecule is COc1cccc(C(CO)NC(=O)C(C)N2Cc3ccc(-c4nc(Nc5ccnn5C)ncc4Cl)cc3C2=O)c1. The number of hydrogen-bond donors (Lipinski definition) is 3. The number of anilines is 2. The van der Waals surface area contributed by atoms with Crippen LogP contribution in [-0.2, 0) is 18.4 Å². The molecule has 5 rings (SSSR count). The van der Waals surface area contributed by atoms with Crippen molar-refractivity contribution in [3.8, 4) is 17.0 Å². The molecule has 2 aromatic carbocycles. The van der Waals surface area contributed by atoms with E-state index in [0.29, 0.717) is 44.9 Å². The third kappa shape index (κ3) is 5.33. The predicted octanol–water partition coefficient (Wildman–Crippen LogP) is 3.48. The normalized spacial score (nSPS) is 14.0. The Bertz CT molecular complexity index is 1570. The van der Waals surface area contributed by atoms with Crippen LogP contribution < -0.4 is 15.4 Å². The number of rotatable bonds is 9. The van der Waals surface area contributed by atoms with Crippen LogP contribution in [0.2, 0.25) is 5.02 Å². The first-order valence-corrected chi connectivity index (χ1v) is 12.9. The minimum atomic E-state index is -0.777. The van der Waals surface area contributed by atoms with Crippen molar-refractivity contribution in [2.45, 2.75) is 25.6 Å². The number of nitrogens with zero attached hydrogens (tertiary/aromatic N) is 5. The lowest BCUT2D eigenvalue weighted by Crippen LogP contribution is -2.46. The highest BCUT2D eigenvalue weighted by Gasteiger charge is 2.35. The molecule has 11 nitrogen and oxygen atoms in total. The molecule has 3 heterocycles. The summed E-state index contributed by atoms with van der Waals surface area (Å²) in [5, 5.41) is 20.3. The van der Waals surface area contributed by atoms with Gasteiger partial charge in [-0.1, -0.05) is 35.9 Å². The fraction of sp³-hybridized carbons (Fsp3) is 0.250. The number of aromatic nitrogens is 4. The summed E-state index contributed by atoms with van der Waals surface area (Å²) < 4.78 is 6.90. The van der Waals surface area contributed by atoms with Crippen molar-refractivity contribution in [2.75, 3.05) is 19.0 Å². The highest BCUT2D eigenvalue weighted by atomic mass is 35.5. The van der Waals surface area contributed by atoms with Gasteiger partial charge in [-0.25, -0.2) is 9.97 Å². The van der Waals surface area contributed by atoms with Crippen LogP contribution >= 0.6 is 11.6 Å². The first-order chi connectivity index (χ1) is 19.3. The molecule has 0 radical (unpaired) electrons. The molecule has 4 aromatic rings. The summed E-state index contributed by atoms with van der Waals surface area (Å²) in [4.78, 5) is 36.9. The van der Waals surface area contributed by atoms with Crippen molar-refractivity contribution in [2.24, 2.45) is 7.05 Å². The van der Waals surface area contributed by atoms with Gasteiger partial charge in [-0.15, -0.1) is 0 Å². The first-order valence-electron chi connectivity index (χ1n) is 12.6. The molecule has 0 saturated heterocycles. The lowest BCUT2D eigenvalue weighted by atomic mass is 10.0. The van der Waals surface area contributed by atoms with Crippen LogP contribution in [0.4, 0.5) is 11.8 Å². The van der Waals surface area contributed by atoms with Crippen molar-refractivity contribution in [3.63, 3.8) is 0 Å². The second kappa shape index (κ2) is 11.3. The van der Waals surface area contributed by atoms with Gasteiger partial charge in [0, 0.05) is 30.8 Å². The van der Waals surface area contributed by atoms with Gasteiger partial charge < -0.3 is 25.4 Å². The zero-order valence-electron chi connectivity index (χ0n) is 22.1. The molecule has 0 saturated carbocycles. The van der Waals surface area contributed by atoms with E-state index in [4.69, 9.17) is 16.3 Å². The number of carbonyl (C=O) groups is 2. The Morgan fingerprint density at radius 1 is 1.23 bits per heavy atom.